The summed E-state index contributed by atoms with van der Waals surface area (Å²) in [4.78, 5) is 24.0. The predicted octanol–water partition coefficient (Wildman–Crippen LogP) is 1.27. The Morgan fingerprint density at radius 3 is 3.00 bits per heavy atom. The van der Waals surface area contributed by atoms with Gasteiger partial charge in [-0.1, -0.05) is 0 Å². The highest BCUT2D eigenvalue weighted by atomic mass is 16.6. The fourth-order valence-corrected chi connectivity index (χ4v) is 1.09. The van der Waals surface area contributed by atoms with Crippen molar-refractivity contribution in [3.63, 3.8) is 0 Å². The SMILES string of the molecule is O=C(O)CCCNc1cc([N+](=O)[O-])ccn1. The average molecular weight is 225 g/mol. The van der Waals surface area contributed by atoms with E-state index in [-0.39, 0.29) is 12.1 Å². The van der Waals surface area contributed by atoms with Gasteiger partial charge in [-0.2, -0.15) is 0 Å². The average Bonchev–Trinajstić information content (AvgIpc) is 2.24. The molecule has 16 heavy (non-hydrogen) atoms. The summed E-state index contributed by atoms with van der Waals surface area (Å²) >= 11 is 0. The molecule has 7 nitrogen and oxygen atoms in total. The zero-order valence-corrected chi connectivity index (χ0v) is 8.42. The van der Waals surface area contributed by atoms with Crippen LogP contribution < -0.4 is 5.32 Å². The van der Waals surface area contributed by atoms with Gasteiger partial charge in [-0.25, -0.2) is 4.98 Å². The van der Waals surface area contributed by atoms with Gasteiger partial charge in [0, 0.05) is 25.2 Å². The summed E-state index contributed by atoms with van der Waals surface area (Å²) in [6, 6.07) is 2.60. The van der Waals surface area contributed by atoms with Crippen LogP contribution in [0, 0.1) is 10.1 Å². The molecule has 1 aromatic rings. The fourth-order valence-electron chi connectivity index (χ4n) is 1.09. The van der Waals surface area contributed by atoms with E-state index in [4.69, 9.17) is 5.11 Å². The first kappa shape index (κ1) is 11.9. The third-order valence-electron chi connectivity index (χ3n) is 1.83. The second-order valence-electron chi connectivity index (χ2n) is 3.08. The molecule has 2 N–H and O–H groups in total. The van der Waals surface area contributed by atoms with Gasteiger partial charge < -0.3 is 10.4 Å². The minimum Gasteiger partial charge on any atom is -0.481 e. The smallest absolute Gasteiger partial charge is 0.303 e. The molecule has 0 bridgehead atoms. The first-order valence-electron chi connectivity index (χ1n) is 4.65. The van der Waals surface area contributed by atoms with E-state index in [0.717, 1.165) is 0 Å². The van der Waals surface area contributed by atoms with E-state index >= 15 is 0 Å². The largest absolute Gasteiger partial charge is 0.481 e. The number of carbonyl (C=O) groups is 1. The van der Waals surface area contributed by atoms with Gasteiger partial charge in [-0.05, 0) is 6.42 Å². The van der Waals surface area contributed by atoms with E-state index in [2.05, 4.69) is 10.3 Å². The van der Waals surface area contributed by atoms with Crippen LogP contribution in [0.4, 0.5) is 11.5 Å². The van der Waals surface area contributed by atoms with E-state index in [1.54, 1.807) is 0 Å². The van der Waals surface area contributed by atoms with Crippen molar-refractivity contribution in [2.75, 3.05) is 11.9 Å². The van der Waals surface area contributed by atoms with Crippen molar-refractivity contribution in [2.45, 2.75) is 12.8 Å². The number of aliphatic carboxylic acids is 1. The lowest BCUT2D eigenvalue weighted by Gasteiger charge is -2.03. The number of rotatable bonds is 6. The third kappa shape index (κ3) is 3.91. The number of nitro groups is 1. The van der Waals surface area contributed by atoms with Crippen LogP contribution in [0.1, 0.15) is 12.8 Å². The zero-order valence-electron chi connectivity index (χ0n) is 8.42. The van der Waals surface area contributed by atoms with Gasteiger partial charge in [0.05, 0.1) is 11.0 Å². The molecule has 86 valence electrons. The molecule has 0 spiro atoms. The first-order valence-corrected chi connectivity index (χ1v) is 4.65. The molecule has 0 aliphatic carbocycles. The monoisotopic (exact) mass is 225 g/mol. The maximum atomic E-state index is 10.4. The molecule has 0 amide bonds. The van der Waals surface area contributed by atoms with E-state index < -0.39 is 10.9 Å². The summed E-state index contributed by atoms with van der Waals surface area (Å²) < 4.78 is 0. The Bertz CT molecular complexity index is 394. The normalized spacial score (nSPS) is 9.75. The molecule has 0 saturated heterocycles. The molecule has 1 aromatic heterocycles. The lowest BCUT2D eigenvalue weighted by atomic mass is 10.3. The van der Waals surface area contributed by atoms with E-state index in [1.807, 2.05) is 0 Å². The molecular weight excluding hydrogens is 214 g/mol. The van der Waals surface area contributed by atoms with Crippen molar-refractivity contribution in [3.05, 3.63) is 28.4 Å². The maximum Gasteiger partial charge on any atom is 0.303 e. The Morgan fingerprint density at radius 2 is 2.38 bits per heavy atom. The number of carboxylic acid groups (broad SMARTS) is 1. The number of aromatic nitrogens is 1. The number of hydrogen-bond donors (Lipinski definition) is 2. The summed E-state index contributed by atoms with van der Waals surface area (Å²) in [5.41, 5.74) is -0.0456. The van der Waals surface area contributed by atoms with Crippen LogP contribution in [0.25, 0.3) is 0 Å². The molecule has 0 saturated carbocycles. The molecule has 0 aliphatic rings. The van der Waals surface area contributed by atoms with Gasteiger partial charge in [0.1, 0.15) is 5.82 Å². The molecule has 0 unspecified atom stereocenters. The summed E-state index contributed by atoms with van der Waals surface area (Å²) in [7, 11) is 0. The Hall–Kier alpha value is -2.18. The van der Waals surface area contributed by atoms with Crippen LogP contribution >= 0.6 is 0 Å². The van der Waals surface area contributed by atoms with Crippen molar-refractivity contribution in [3.8, 4) is 0 Å². The Morgan fingerprint density at radius 1 is 1.62 bits per heavy atom. The second kappa shape index (κ2) is 5.64. The first-order chi connectivity index (χ1) is 7.59. The molecule has 0 aliphatic heterocycles. The molecule has 0 radical (unpaired) electrons. The number of pyridine rings is 1. The van der Waals surface area contributed by atoms with Gasteiger partial charge >= 0.3 is 5.97 Å². The summed E-state index contributed by atoms with van der Waals surface area (Å²) in [6.45, 7) is 0.417. The van der Waals surface area contributed by atoms with E-state index in [1.165, 1.54) is 18.3 Å². The van der Waals surface area contributed by atoms with Crippen molar-refractivity contribution in [1.29, 1.82) is 0 Å². The van der Waals surface area contributed by atoms with Gasteiger partial charge in [0.15, 0.2) is 0 Å². The number of carboxylic acids is 1. The van der Waals surface area contributed by atoms with Crippen molar-refractivity contribution >= 4 is 17.5 Å². The molecule has 1 heterocycles. The highest BCUT2D eigenvalue weighted by Gasteiger charge is 2.06. The predicted molar refractivity (Wildman–Crippen MR) is 56.3 cm³/mol. The number of nitrogens with one attached hydrogen (secondary N) is 1. The van der Waals surface area contributed by atoms with Gasteiger partial charge in [0.2, 0.25) is 0 Å². The summed E-state index contributed by atoms with van der Waals surface area (Å²) in [5.74, 6) is -0.492. The van der Waals surface area contributed by atoms with E-state index in [9.17, 15) is 14.9 Å². The minimum absolute atomic E-state index is 0.0456. The fraction of sp³-hybridized carbons (Fsp3) is 0.333. The lowest BCUT2D eigenvalue weighted by Crippen LogP contribution is -2.06. The molecule has 7 heteroatoms. The van der Waals surface area contributed by atoms with Crippen LogP contribution in [0.3, 0.4) is 0 Å². The van der Waals surface area contributed by atoms with E-state index in [0.29, 0.717) is 18.8 Å². The highest BCUT2D eigenvalue weighted by Crippen LogP contribution is 2.13. The van der Waals surface area contributed by atoms with Gasteiger partial charge in [-0.3, -0.25) is 14.9 Å². The molecule has 1 rings (SSSR count). The van der Waals surface area contributed by atoms with Crippen LogP contribution in [0.5, 0.6) is 0 Å². The van der Waals surface area contributed by atoms with Crippen LogP contribution in [-0.4, -0.2) is 27.5 Å². The van der Waals surface area contributed by atoms with Crippen molar-refractivity contribution in [1.82, 2.24) is 4.98 Å². The summed E-state index contributed by atoms with van der Waals surface area (Å²) in [5, 5.41) is 21.7. The molecule has 0 aromatic carbocycles. The number of nitrogens with zero attached hydrogens (tertiary/aromatic N) is 2. The topological polar surface area (TPSA) is 105 Å². The second-order valence-corrected chi connectivity index (χ2v) is 3.08. The highest BCUT2D eigenvalue weighted by molar-refractivity contribution is 5.66. The van der Waals surface area contributed by atoms with Crippen LogP contribution in [0.2, 0.25) is 0 Å². The van der Waals surface area contributed by atoms with Crippen LogP contribution in [-0.2, 0) is 4.79 Å². The standard InChI is InChI=1S/C9H11N3O4/c13-9(14)2-1-4-10-8-6-7(12(15)16)3-5-11-8/h3,5-6H,1-2,4H2,(H,10,11)(H,13,14). The molecule has 0 fully saturated rings. The van der Waals surface area contributed by atoms with Crippen molar-refractivity contribution < 1.29 is 14.8 Å². The Kier molecular flexibility index (Phi) is 4.19. The minimum atomic E-state index is -0.867. The summed E-state index contributed by atoms with van der Waals surface area (Å²) in [6.07, 6.45) is 1.83. The zero-order chi connectivity index (χ0) is 12.0. The Balaban J connectivity index is 2.45. The Labute approximate surface area is 91.3 Å². The third-order valence-corrected chi connectivity index (χ3v) is 1.83. The van der Waals surface area contributed by atoms with Crippen LogP contribution in [0.15, 0.2) is 18.3 Å². The maximum absolute atomic E-state index is 10.4. The molecule has 0 atom stereocenters. The van der Waals surface area contributed by atoms with Gasteiger partial charge in [0.25, 0.3) is 5.69 Å². The number of anilines is 1. The number of hydrogen-bond acceptors (Lipinski definition) is 5. The van der Waals surface area contributed by atoms with Gasteiger partial charge in [-0.15, -0.1) is 0 Å². The molecular formula is C9H11N3O4. The van der Waals surface area contributed by atoms with Crippen molar-refractivity contribution in [2.24, 2.45) is 0 Å². The quantitative estimate of drug-likeness (QED) is 0.429. The lowest BCUT2D eigenvalue weighted by molar-refractivity contribution is -0.384.